The number of carbonyl (C=O) groups excluding carboxylic acids is 1. The number of phenols is 1. The number of aromatic hydroxyl groups is 1. The lowest BCUT2D eigenvalue weighted by Gasteiger charge is -2.09. The number of carboxylic acid groups (broad SMARTS) is 1. The number of rotatable bonds is 3. The average Bonchev–Trinajstić information content (AvgIpc) is 2.41. The minimum atomic E-state index is -1.25. The summed E-state index contributed by atoms with van der Waals surface area (Å²) in [7, 11) is 0. The predicted molar refractivity (Wildman–Crippen MR) is 81.6 cm³/mol. The fraction of sp³-hybridized carbons (Fsp3) is 0. The quantitative estimate of drug-likeness (QED) is 0.635. The first-order chi connectivity index (χ1) is 9.88. The molecule has 2 aromatic rings. The topological polar surface area (TPSA) is 113 Å². The second kappa shape index (κ2) is 5.84. The molecule has 0 saturated heterocycles. The van der Waals surface area contributed by atoms with Crippen LogP contribution in [0.25, 0.3) is 0 Å². The lowest BCUT2D eigenvalue weighted by molar-refractivity contribution is 0.0693. The Kier molecular flexibility index (Phi) is 4.13. The standard InChI is InChI=1S/C14H11BrN2O4/c15-11-4-1-7(16)5-10(11)13(19)17-8-2-3-9(14(20)21)12(18)6-8/h1-6,18H,16H2,(H,17,19)(H,20,21). The van der Waals surface area contributed by atoms with Gasteiger partial charge in [0.2, 0.25) is 0 Å². The minimum Gasteiger partial charge on any atom is -0.507 e. The summed E-state index contributed by atoms with van der Waals surface area (Å²) in [5.74, 6) is -2.10. The highest BCUT2D eigenvalue weighted by molar-refractivity contribution is 9.10. The number of carbonyl (C=O) groups is 2. The van der Waals surface area contributed by atoms with E-state index in [2.05, 4.69) is 21.2 Å². The van der Waals surface area contributed by atoms with Crippen molar-refractivity contribution in [3.8, 4) is 5.75 Å². The molecular formula is C14H11BrN2O4. The van der Waals surface area contributed by atoms with Crippen LogP contribution in [0.15, 0.2) is 40.9 Å². The summed E-state index contributed by atoms with van der Waals surface area (Å²) in [6, 6.07) is 8.57. The SMILES string of the molecule is Nc1ccc(Br)c(C(=O)Nc2ccc(C(=O)O)c(O)c2)c1. The van der Waals surface area contributed by atoms with E-state index in [9.17, 15) is 14.7 Å². The first-order valence-corrected chi connectivity index (χ1v) is 6.60. The molecule has 0 spiro atoms. The second-order valence-electron chi connectivity index (χ2n) is 4.23. The van der Waals surface area contributed by atoms with Gasteiger partial charge >= 0.3 is 5.97 Å². The number of halogens is 1. The zero-order valence-electron chi connectivity index (χ0n) is 10.6. The Morgan fingerprint density at radius 1 is 1.10 bits per heavy atom. The van der Waals surface area contributed by atoms with Crippen LogP contribution in [-0.2, 0) is 0 Å². The molecule has 0 aromatic heterocycles. The van der Waals surface area contributed by atoms with Gasteiger partial charge in [-0.25, -0.2) is 4.79 Å². The number of amides is 1. The fourth-order valence-corrected chi connectivity index (χ4v) is 2.13. The number of nitrogens with two attached hydrogens (primary N) is 1. The van der Waals surface area contributed by atoms with Crippen molar-refractivity contribution in [3.05, 3.63) is 52.0 Å². The maximum Gasteiger partial charge on any atom is 0.339 e. The molecule has 6 nitrogen and oxygen atoms in total. The maximum atomic E-state index is 12.1. The third kappa shape index (κ3) is 3.32. The van der Waals surface area contributed by atoms with Gasteiger partial charge in [0.1, 0.15) is 11.3 Å². The van der Waals surface area contributed by atoms with Crippen LogP contribution < -0.4 is 11.1 Å². The van der Waals surface area contributed by atoms with Crippen molar-refractivity contribution in [2.75, 3.05) is 11.1 Å². The second-order valence-corrected chi connectivity index (χ2v) is 5.08. The zero-order valence-corrected chi connectivity index (χ0v) is 12.2. The molecule has 21 heavy (non-hydrogen) atoms. The Morgan fingerprint density at radius 3 is 2.43 bits per heavy atom. The van der Waals surface area contributed by atoms with Crippen molar-refractivity contribution in [2.45, 2.75) is 0 Å². The Labute approximate surface area is 128 Å². The number of hydrogen-bond donors (Lipinski definition) is 4. The van der Waals surface area contributed by atoms with Crippen molar-refractivity contribution in [1.29, 1.82) is 0 Å². The lowest BCUT2D eigenvalue weighted by Crippen LogP contribution is -2.13. The van der Waals surface area contributed by atoms with E-state index in [4.69, 9.17) is 10.8 Å². The van der Waals surface area contributed by atoms with Crippen molar-refractivity contribution in [2.24, 2.45) is 0 Å². The van der Waals surface area contributed by atoms with Crippen molar-refractivity contribution < 1.29 is 19.8 Å². The van der Waals surface area contributed by atoms with E-state index in [-0.39, 0.29) is 11.3 Å². The van der Waals surface area contributed by atoms with E-state index < -0.39 is 17.6 Å². The van der Waals surface area contributed by atoms with Crippen LogP contribution in [0, 0.1) is 0 Å². The molecule has 0 aliphatic carbocycles. The summed E-state index contributed by atoms with van der Waals surface area (Å²) >= 11 is 3.25. The van der Waals surface area contributed by atoms with Gasteiger partial charge in [-0.05, 0) is 46.3 Å². The molecule has 7 heteroatoms. The van der Waals surface area contributed by atoms with Crippen LogP contribution in [0.1, 0.15) is 20.7 Å². The van der Waals surface area contributed by atoms with Crippen LogP contribution in [0.4, 0.5) is 11.4 Å². The molecule has 0 radical (unpaired) electrons. The van der Waals surface area contributed by atoms with Gasteiger partial charge in [-0.15, -0.1) is 0 Å². The first kappa shape index (κ1) is 14.9. The van der Waals surface area contributed by atoms with Gasteiger partial charge in [-0.3, -0.25) is 4.79 Å². The molecule has 0 bridgehead atoms. The van der Waals surface area contributed by atoms with Crippen molar-refractivity contribution >= 4 is 39.2 Å². The van der Waals surface area contributed by atoms with E-state index in [0.717, 1.165) is 0 Å². The smallest absolute Gasteiger partial charge is 0.339 e. The molecule has 2 aromatic carbocycles. The van der Waals surface area contributed by atoms with Crippen LogP contribution in [0.3, 0.4) is 0 Å². The third-order valence-electron chi connectivity index (χ3n) is 2.72. The molecule has 0 heterocycles. The summed E-state index contributed by atoms with van der Waals surface area (Å²) in [5.41, 5.74) is 6.43. The van der Waals surface area contributed by atoms with Crippen LogP contribution in [0.2, 0.25) is 0 Å². The lowest BCUT2D eigenvalue weighted by atomic mass is 10.1. The molecule has 1 amide bonds. The normalized spacial score (nSPS) is 10.1. The largest absolute Gasteiger partial charge is 0.507 e. The number of nitrogens with one attached hydrogen (secondary N) is 1. The van der Waals surface area contributed by atoms with Gasteiger partial charge in [0.25, 0.3) is 5.91 Å². The Morgan fingerprint density at radius 2 is 1.81 bits per heavy atom. The maximum absolute atomic E-state index is 12.1. The van der Waals surface area contributed by atoms with Crippen LogP contribution in [0.5, 0.6) is 5.75 Å². The number of nitrogen functional groups attached to an aromatic ring is 1. The number of benzene rings is 2. The highest BCUT2D eigenvalue weighted by atomic mass is 79.9. The van der Waals surface area contributed by atoms with Gasteiger partial charge in [-0.1, -0.05) is 0 Å². The van der Waals surface area contributed by atoms with E-state index in [1.165, 1.54) is 24.3 Å². The summed E-state index contributed by atoms with van der Waals surface area (Å²) in [5, 5.41) is 21.0. The van der Waals surface area contributed by atoms with Crippen LogP contribution in [-0.4, -0.2) is 22.1 Å². The highest BCUT2D eigenvalue weighted by Crippen LogP contribution is 2.24. The molecule has 0 atom stereocenters. The molecule has 2 rings (SSSR count). The molecule has 0 fully saturated rings. The van der Waals surface area contributed by atoms with E-state index in [1.807, 2.05) is 0 Å². The monoisotopic (exact) mass is 350 g/mol. The summed E-state index contributed by atoms with van der Waals surface area (Å²) in [4.78, 5) is 22.9. The molecule has 0 aliphatic rings. The molecule has 0 unspecified atom stereocenters. The predicted octanol–water partition coefficient (Wildman–Crippen LogP) is 2.69. The van der Waals surface area contributed by atoms with Gasteiger partial charge in [0, 0.05) is 21.9 Å². The number of hydrogen-bond acceptors (Lipinski definition) is 4. The Balaban J connectivity index is 2.26. The van der Waals surface area contributed by atoms with Crippen LogP contribution >= 0.6 is 15.9 Å². The Hall–Kier alpha value is -2.54. The van der Waals surface area contributed by atoms with E-state index in [1.54, 1.807) is 12.1 Å². The zero-order chi connectivity index (χ0) is 15.6. The molecule has 0 saturated carbocycles. The van der Waals surface area contributed by atoms with Gasteiger partial charge in [-0.2, -0.15) is 0 Å². The van der Waals surface area contributed by atoms with E-state index in [0.29, 0.717) is 15.7 Å². The van der Waals surface area contributed by atoms with Crippen molar-refractivity contribution in [3.63, 3.8) is 0 Å². The first-order valence-electron chi connectivity index (χ1n) is 5.81. The fourth-order valence-electron chi connectivity index (χ4n) is 1.71. The van der Waals surface area contributed by atoms with E-state index >= 15 is 0 Å². The summed E-state index contributed by atoms with van der Waals surface area (Å²) in [6.45, 7) is 0. The third-order valence-corrected chi connectivity index (χ3v) is 3.41. The van der Waals surface area contributed by atoms with Gasteiger partial charge in [0.05, 0.1) is 5.56 Å². The number of aromatic carboxylic acids is 1. The van der Waals surface area contributed by atoms with Crippen molar-refractivity contribution in [1.82, 2.24) is 0 Å². The summed E-state index contributed by atoms with van der Waals surface area (Å²) < 4.78 is 0.570. The minimum absolute atomic E-state index is 0.238. The summed E-state index contributed by atoms with van der Waals surface area (Å²) in [6.07, 6.45) is 0. The average molecular weight is 351 g/mol. The van der Waals surface area contributed by atoms with Gasteiger partial charge < -0.3 is 21.3 Å². The highest BCUT2D eigenvalue weighted by Gasteiger charge is 2.13. The Bertz CT molecular complexity index is 731. The number of carboxylic acids is 1. The van der Waals surface area contributed by atoms with Gasteiger partial charge in [0.15, 0.2) is 0 Å². The molecule has 108 valence electrons. The number of anilines is 2. The molecular weight excluding hydrogens is 340 g/mol. The molecule has 0 aliphatic heterocycles. The molecule has 5 N–H and O–H groups in total.